The summed E-state index contributed by atoms with van der Waals surface area (Å²) >= 11 is 0. The monoisotopic (exact) mass is 294 g/mol. The van der Waals surface area contributed by atoms with Crippen molar-refractivity contribution in [1.82, 2.24) is 5.32 Å². The van der Waals surface area contributed by atoms with Crippen LogP contribution in [-0.2, 0) is 4.79 Å². The number of carboxylic acids is 1. The minimum absolute atomic E-state index is 0.124. The molecule has 0 atom stereocenters. The maximum absolute atomic E-state index is 12.9. The zero-order valence-corrected chi connectivity index (χ0v) is 11.9. The first kappa shape index (κ1) is 15.3. The molecule has 0 aromatic heterocycles. The zero-order chi connectivity index (χ0) is 15.5. The molecule has 2 rings (SSSR count). The van der Waals surface area contributed by atoms with E-state index in [1.54, 1.807) is 6.92 Å². The Balaban J connectivity index is 2.00. The van der Waals surface area contributed by atoms with Crippen LogP contribution >= 0.6 is 0 Å². The van der Waals surface area contributed by atoms with Gasteiger partial charge in [0.1, 0.15) is 5.82 Å². The Hall–Kier alpha value is -2.11. The molecule has 0 saturated heterocycles. The molecule has 1 aliphatic carbocycles. The number of hydrogen-bond donors (Lipinski definition) is 2. The molecule has 2 amide bonds. The minimum atomic E-state index is -0.862. The molecule has 114 valence electrons. The molecule has 1 aromatic rings. The molecule has 1 saturated carbocycles. The standard InChI is InChI=1S/C15H19FN2O3/c1-2-18(12-6-4-11(16)5-7-12)14(21)17-10-15(13(19)20)8-3-9-15/h4-7H,2-3,8-10H2,1H3,(H,17,21)(H,19,20). The molecule has 1 fully saturated rings. The van der Waals surface area contributed by atoms with Gasteiger partial charge in [-0.15, -0.1) is 0 Å². The van der Waals surface area contributed by atoms with Gasteiger partial charge in [0.15, 0.2) is 0 Å². The lowest BCUT2D eigenvalue weighted by Crippen LogP contribution is -2.50. The topological polar surface area (TPSA) is 69.6 Å². The molecule has 0 unspecified atom stereocenters. The number of amides is 2. The lowest BCUT2D eigenvalue weighted by molar-refractivity contribution is -0.153. The van der Waals surface area contributed by atoms with Crippen LogP contribution in [-0.4, -0.2) is 30.2 Å². The first-order valence-electron chi connectivity index (χ1n) is 7.03. The maximum atomic E-state index is 12.9. The van der Waals surface area contributed by atoms with Gasteiger partial charge in [0, 0.05) is 18.8 Å². The first-order valence-corrected chi connectivity index (χ1v) is 7.03. The lowest BCUT2D eigenvalue weighted by Gasteiger charge is -2.38. The van der Waals surface area contributed by atoms with Gasteiger partial charge in [-0.1, -0.05) is 6.42 Å². The molecular formula is C15H19FN2O3. The largest absolute Gasteiger partial charge is 0.481 e. The predicted molar refractivity (Wildman–Crippen MR) is 76.7 cm³/mol. The van der Waals surface area contributed by atoms with Crippen LogP contribution in [0, 0.1) is 11.2 Å². The van der Waals surface area contributed by atoms with Crippen LogP contribution in [0.25, 0.3) is 0 Å². The van der Waals surface area contributed by atoms with Gasteiger partial charge in [0.05, 0.1) is 5.41 Å². The van der Waals surface area contributed by atoms with Gasteiger partial charge >= 0.3 is 12.0 Å². The second-order valence-electron chi connectivity index (χ2n) is 5.32. The summed E-state index contributed by atoms with van der Waals surface area (Å²) in [4.78, 5) is 24.9. The molecule has 0 bridgehead atoms. The van der Waals surface area contributed by atoms with E-state index in [9.17, 15) is 19.1 Å². The van der Waals surface area contributed by atoms with Crippen molar-refractivity contribution in [3.05, 3.63) is 30.1 Å². The van der Waals surface area contributed by atoms with Gasteiger partial charge in [-0.3, -0.25) is 9.69 Å². The second kappa shape index (κ2) is 6.11. The molecule has 1 aliphatic rings. The summed E-state index contributed by atoms with van der Waals surface area (Å²) in [6, 6.07) is 5.26. The van der Waals surface area contributed by atoms with E-state index < -0.39 is 11.4 Å². The summed E-state index contributed by atoms with van der Waals surface area (Å²) in [5.74, 6) is -1.23. The molecule has 0 heterocycles. The van der Waals surface area contributed by atoms with E-state index in [0.29, 0.717) is 25.1 Å². The summed E-state index contributed by atoms with van der Waals surface area (Å²) < 4.78 is 12.9. The van der Waals surface area contributed by atoms with Crippen molar-refractivity contribution in [3.8, 4) is 0 Å². The van der Waals surface area contributed by atoms with Crippen LogP contribution in [0.2, 0.25) is 0 Å². The van der Waals surface area contributed by atoms with E-state index in [-0.39, 0.29) is 18.4 Å². The summed E-state index contributed by atoms with van der Waals surface area (Å²) in [5.41, 5.74) is -0.243. The number of halogens is 1. The highest BCUT2D eigenvalue weighted by molar-refractivity contribution is 5.92. The summed E-state index contributed by atoms with van der Waals surface area (Å²) in [5, 5.41) is 11.9. The summed E-state index contributed by atoms with van der Waals surface area (Å²) in [6.07, 6.45) is 2.05. The average molecular weight is 294 g/mol. The number of rotatable bonds is 5. The van der Waals surface area contributed by atoms with E-state index in [1.807, 2.05) is 0 Å². The summed E-state index contributed by atoms with van der Waals surface area (Å²) in [6.45, 7) is 2.34. The van der Waals surface area contributed by atoms with Gasteiger partial charge in [-0.05, 0) is 44.0 Å². The Bertz CT molecular complexity index is 526. The van der Waals surface area contributed by atoms with Crippen molar-refractivity contribution in [3.63, 3.8) is 0 Å². The number of anilines is 1. The second-order valence-corrected chi connectivity index (χ2v) is 5.32. The fourth-order valence-corrected chi connectivity index (χ4v) is 2.47. The number of hydrogen-bond acceptors (Lipinski definition) is 2. The van der Waals surface area contributed by atoms with E-state index >= 15 is 0 Å². The molecule has 0 radical (unpaired) electrons. The summed E-state index contributed by atoms with van der Waals surface area (Å²) in [7, 11) is 0. The van der Waals surface area contributed by atoms with E-state index in [4.69, 9.17) is 0 Å². The van der Waals surface area contributed by atoms with Crippen molar-refractivity contribution in [2.45, 2.75) is 26.2 Å². The highest BCUT2D eigenvalue weighted by Gasteiger charge is 2.44. The molecule has 1 aromatic carbocycles. The fraction of sp³-hybridized carbons (Fsp3) is 0.467. The van der Waals surface area contributed by atoms with Crippen LogP contribution < -0.4 is 10.2 Å². The van der Waals surface area contributed by atoms with Gasteiger partial charge < -0.3 is 10.4 Å². The Morgan fingerprint density at radius 3 is 2.38 bits per heavy atom. The van der Waals surface area contributed by atoms with Crippen LogP contribution in [0.1, 0.15) is 26.2 Å². The van der Waals surface area contributed by atoms with Gasteiger partial charge in [-0.25, -0.2) is 9.18 Å². The number of aliphatic carboxylic acids is 1. The average Bonchev–Trinajstić information content (AvgIpc) is 2.40. The van der Waals surface area contributed by atoms with Crippen molar-refractivity contribution >= 4 is 17.7 Å². The van der Waals surface area contributed by atoms with Gasteiger partial charge in [0.25, 0.3) is 0 Å². The molecule has 6 heteroatoms. The highest BCUT2D eigenvalue weighted by atomic mass is 19.1. The Morgan fingerprint density at radius 2 is 1.95 bits per heavy atom. The third kappa shape index (κ3) is 3.15. The zero-order valence-electron chi connectivity index (χ0n) is 11.9. The maximum Gasteiger partial charge on any atom is 0.321 e. The molecular weight excluding hydrogens is 275 g/mol. The number of urea groups is 1. The van der Waals surface area contributed by atoms with E-state index in [0.717, 1.165) is 6.42 Å². The number of nitrogens with zero attached hydrogens (tertiary/aromatic N) is 1. The van der Waals surface area contributed by atoms with Crippen LogP contribution in [0.3, 0.4) is 0 Å². The van der Waals surface area contributed by atoms with Crippen molar-refractivity contribution in [1.29, 1.82) is 0 Å². The third-order valence-electron chi connectivity index (χ3n) is 4.04. The van der Waals surface area contributed by atoms with Crippen molar-refractivity contribution in [2.24, 2.45) is 5.41 Å². The molecule has 0 aliphatic heterocycles. The lowest BCUT2D eigenvalue weighted by atomic mass is 9.69. The van der Waals surface area contributed by atoms with Crippen LogP contribution in [0.15, 0.2) is 24.3 Å². The predicted octanol–water partition coefficient (Wildman–Crippen LogP) is 2.62. The number of benzene rings is 1. The van der Waals surface area contributed by atoms with E-state index in [2.05, 4.69) is 5.32 Å². The molecule has 21 heavy (non-hydrogen) atoms. The number of carbonyl (C=O) groups excluding carboxylic acids is 1. The molecule has 5 nitrogen and oxygen atoms in total. The number of carboxylic acid groups (broad SMARTS) is 1. The Morgan fingerprint density at radius 1 is 1.33 bits per heavy atom. The van der Waals surface area contributed by atoms with Crippen LogP contribution in [0.4, 0.5) is 14.9 Å². The van der Waals surface area contributed by atoms with Crippen LogP contribution in [0.5, 0.6) is 0 Å². The molecule has 2 N–H and O–H groups in total. The third-order valence-corrected chi connectivity index (χ3v) is 4.04. The number of carbonyl (C=O) groups is 2. The minimum Gasteiger partial charge on any atom is -0.481 e. The fourth-order valence-electron chi connectivity index (χ4n) is 2.47. The first-order chi connectivity index (χ1) is 9.98. The Labute approximate surface area is 122 Å². The SMILES string of the molecule is CCN(C(=O)NCC1(C(=O)O)CCC1)c1ccc(F)cc1. The Kier molecular flexibility index (Phi) is 4.45. The molecule has 0 spiro atoms. The normalized spacial score (nSPS) is 15.9. The quantitative estimate of drug-likeness (QED) is 0.877. The van der Waals surface area contributed by atoms with Gasteiger partial charge in [-0.2, -0.15) is 0 Å². The van der Waals surface area contributed by atoms with Crippen molar-refractivity contribution in [2.75, 3.05) is 18.0 Å². The van der Waals surface area contributed by atoms with Crippen molar-refractivity contribution < 1.29 is 19.1 Å². The number of nitrogens with one attached hydrogen (secondary N) is 1. The van der Waals surface area contributed by atoms with E-state index in [1.165, 1.54) is 29.2 Å². The van der Waals surface area contributed by atoms with Gasteiger partial charge in [0.2, 0.25) is 0 Å². The highest BCUT2D eigenvalue weighted by Crippen LogP contribution is 2.40. The smallest absolute Gasteiger partial charge is 0.321 e.